The Kier molecular flexibility index (Phi) is 5.81. The Labute approximate surface area is 167 Å². The summed E-state index contributed by atoms with van der Waals surface area (Å²) >= 11 is 0. The summed E-state index contributed by atoms with van der Waals surface area (Å²) in [5, 5.41) is 5.19. The Morgan fingerprint density at radius 2 is 1.79 bits per heavy atom. The van der Waals surface area contributed by atoms with Crippen LogP contribution in [-0.2, 0) is 15.1 Å². The minimum Gasteiger partial charge on any atom is -0.492 e. The van der Waals surface area contributed by atoms with Gasteiger partial charge in [0.1, 0.15) is 30.3 Å². The van der Waals surface area contributed by atoms with Crippen molar-refractivity contribution in [3.05, 3.63) is 65.5 Å². The molecular weight excluding hydrogens is 377 g/mol. The number of urea groups is 1. The lowest BCUT2D eigenvalue weighted by Crippen LogP contribution is -2.43. The lowest BCUT2D eigenvalue weighted by Gasteiger charge is -2.22. The number of nitrogens with one attached hydrogen (secondary N) is 2. The van der Waals surface area contributed by atoms with Crippen LogP contribution in [-0.4, -0.2) is 42.4 Å². The molecule has 1 heterocycles. The van der Waals surface area contributed by atoms with Crippen LogP contribution in [0.1, 0.15) is 18.1 Å². The van der Waals surface area contributed by atoms with Gasteiger partial charge in [0.2, 0.25) is 5.91 Å². The summed E-state index contributed by atoms with van der Waals surface area (Å²) in [4.78, 5) is 38.0. The first-order valence-corrected chi connectivity index (χ1v) is 9.16. The number of nitrogens with zero attached hydrogens (tertiary/aromatic N) is 1. The fourth-order valence-electron chi connectivity index (χ4n) is 3.01. The molecule has 29 heavy (non-hydrogen) atoms. The average Bonchev–Trinajstić information content (AvgIpc) is 2.91. The van der Waals surface area contributed by atoms with E-state index in [0.717, 1.165) is 10.5 Å². The predicted octanol–water partition coefficient (Wildman–Crippen LogP) is 2.10. The maximum atomic E-state index is 13.1. The molecule has 0 bridgehead atoms. The Balaban J connectivity index is 1.52. The van der Waals surface area contributed by atoms with Gasteiger partial charge in [-0.15, -0.1) is 0 Å². The highest BCUT2D eigenvalue weighted by molar-refractivity contribution is 6.09. The fourth-order valence-corrected chi connectivity index (χ4v) is 3.01. The van der Waals surface area contributed by atoms with Gasteiger partial charge in [0.25, 0.3) is 5.91 Å². The summed E-state index contributed by atoms with van der Waals surface area (Å²) in [6.07, 6.45) is 0. The fraction of sp³-hybridized carbons (Fsp3) is 0.286. The van der Waals surface area contributed by atoms with E-state index in [1.165, 1.54) is 31.2 Å². The first-order chi connectivity index (χ1) is 13.8. The van der Waals surface area contributed by atoms with Crippen LogP contribution in [0.4, 0.5) is 9.18 Å². The second kappa shape index (κ2) is 8.30. The van der Waals surface area contributed by atoms with Crippen LogP contribution in [0.5, 0.6) is 5.75 Å². The molecule has 1 unspecified atom stereocenters. The smallest absolute Gasteiger partial charge is 0.325 e. The number of halogens is 1. The molecule has 152 valence electrons. The van der Waals surface area contributed by atoms with Crippen LogP contribution in [0, 0.1) is 12.7 Å². The molecule has 0 radical (unpaired) electrons. The number of benzene rings is 2. The van der Waals surface area contributed by atoms with Crippen molar-refractivity contribution in [2.24, 2.45) is 0 Å². The molecule has 4 amide bonds. The van der Waals surface area contributed by atoms with Gasteiger partial charge in [-0.1, -0.05) is 29.8 Å². The van der Waals surface area contributed by atoms with Crippen molar-refractivity contribution in [2.75, 3.05) is 19.7 Å². The molecule has 7 nitrogen and oxygen atoms in total. The summed E-state index contributed by atoms with van der Waals surface area (Å²) in [5.41, 5.74) is 0.207. The third kappa shape index (κ3) is 4.53. The predicted molar refractivity (Wildman–Crippen MR) is 104 cm³/mol. The zero-order valence-electron chi connectivity index (χ0n) is 16.2. The van der Waals surface area contributed by atoms with Crippen LogP contribution >= 0.6 is 0 Å². The molecule has 0 saturated carbocycles. The van der Waals surface area contributed by atoms with Gasteiger partial charge in [0.15, 0.2) is 0 Å². The normalized spacial score (nSPS) is 18.5. The molecule has 1 fully saturated rings. The maximum absolute atomic E-state index is 13.1. The number of rotatable bonds is 7. The first kappa shape index (κ1) is 20.3. The zero-order valence-corrected chi connectivity index (χ0v) is 16.2. The Morgan fingerprint density at radius 1 is 1.14 bits per heavy atom. The van der Waals surface area contributed by atoms with Crippen LogP contribution < -0.4 is 15.4 Å². The summed E-state index contributed by atoms with van der Waals surface area (Å²) in [6.45, 7) is 3.56. The lowest BCUT2D eigenvalue weighted by atomic mass is 9.92. The summed E-state index contributed by atoms with van der Waals surface area (Å²) < 4.78 is 18.7. The number of carbonyl (C=O) groups excluding carboxylic acids is 3. The Morgan fingerprint density at radius 3 is 2.45 bits per heavy atom. The number of aryl methyl sites for hydroxylation is 1. The van der Waals surface area contributed by atoms with E-state index in [2.05, 4.69) is 10.6 Å². The maximum Gasteiger partial charge on any atom is 0.325 e. The molecule has 3 rings (SSSR count). The minimum absolute atomic E-state index is 0.228. The van der Waals surface area contributed by atoms with Gasteiger partial charge in [-0.2, -0.15) is 0 Å². The van der Waals surface area contributed by atoms with Crippen molar-refractivity contribution in [1.29, 1.82) is 0 Å². The molecular formula is C21H22FN3O4. The molecule has 8 heteroatoms. The average molecular weight is 399 g/mol. The van der Waals surface area contributed by atoms with Crippen molar-refractivity contribution in [3.63, 3.8) is 0 Å². The van der Waals surface area contributed by atoms with E-state index in [-0.39, 0.29) is 13.2 Å². The SMILES string of the molecule is Cc1ccc(OCCNC(=O)CN2C(=O)NC(C)(c3ccc(F)cc3)C2=O)cc1. The minimum atomic E-state index is -1.35. The molecule has 1 aliphatic rings. The van der Waals surface area contributed by atoms with E-state index in [9.17, 15) is 18.8 Å². The molecule has 1 saturated heterocycles. The highest BCUT2D eigenvalue weighted by Gasteiger charge is 2.49. The summed E-state index contributed by atoms with van der Waals surface area (Å²) in [7, 11) is 0. The Hall–Kier alpha value is -3.42. The van der Waals surface area contributed by atoms with Gasteiger partial charge in [0, 0.05) is 0 Å². The van der Waals surface area contributed by atoms with E-state index in [0.29, 0.717) is 11.3 Å². The first-order valence-electron chi connectivity index (χ1n) is 9.16. The van der Waals surface area contributed by atoms with Crippen LogP contribution in [0.3, 0.4) is 0 Å². The molecule has 0 spiro atoms. The molecule has 2 aromatic rings. The van der Waals surface area contributed by atoms with Crippen LogP contribution in [0.25, 0.3) is 0 Å². The quantitative estimate of drug-likeness (QED) is 0.551. The topological polar surface area (TPSA) is 87.7 Å². The number of carbonyl (C=O) groups is 3. The standard InChI is InChI=1S/C21H22FN3O4/c1-14-3-9-17(10-4-14)29-12-11-23-18(26)13-25-19(27)21(2,24-20(25)28)15-5-7-16(22)8-6-15/h3-10H,11-13H2,1-2H3,(H,23,26)(H,24,28). The molecule has 1 atom stereocenters. The number of amides is 4. The molecule has 0 aromatic heterocycles. The van der Waals surface area contributed by atoms with E-state index in [4.69, 9.17) is 4.74 Å². The van der Waals surface area contributed by atoms with E-state index in [1.54, 1.807) is 0 Å². The molecule has 1 aliphatic heterocycles. The van der Waals surface area contributed by atoms with Crippen molar-refractivity contribution in [3.8, 4) is 5.75 Å². The largest absolute Gasteiger partial charge is 0.492 e. The number of ether oxygens (including phenoxy) is 1. The number of imide groups is 1. The lowest BCUT2D eigenvalue weighted by molar-refractivity contribution is -0.134. The third-order valence-electron chi connectivity index (χ3n) is 4.71. The van der Waals surface area contributed by atoms with Gasteiger partial charge in [-0.05, 0) is 43.7 Å². The van der Waals surface area contributed by atoms with Gasteiger partial charge >= 0.3 is 6.03 Å². The van der Waals surface area contributed by atoms with E-state index in [1.807, 2.05) is 31.2 Å². The van der Waals surface area contributed by atoms with Crippen molar-refractivity contribution in [1.82, 2.24) is 15.5 Å². The number of hydrogen-bond acceptors (Lipinski definition) is 4. The van der Waals surface area contributed by atoms with Gasteiger partial charge in [-0.3, -0.25) is 14.5 Å². The molecule has 2 aromatic carbocycles. The van der Waals surface area contributed by atoms with Crippen molar-refractivity contribution < 1.29 is 23.5 Å². The number of hydrogen-bond donors (Lipinski definition) is 2. The Bertz CT molecular complexity index is 915. The summed E-state index contributed by atoms with van der Waals surface area (Å²) in [5.74, 6) is -0.809. The van der Waals surface area contributed by atoms with Gasteiger partial charge < -0.3 is 15.4 Å². The molecule has 0 aliphatic carbocycles. The monoisotopic (exact) mass is 399 g/mol. The van der Waals surface area contributed by atoms with Crippen LogP contribution in [0.2, 0.25) is 0 Å². The van der Waals surface area contributed by atoms with Gasteiger partial charge in [0.05, 0.1) is 6.54 Å². The van der Waals surface area contributed by atoms with E-state index < -0.39 is 35.7 Å². The summed E-state index contributed by atoms with van der Waals surface area (Å²) in [6, 6.07) is 12.1. The van der Waals surface area contributed by atoms with Crippen LogP contribution in [0.15, 0.2) is 48.5 Å². The second-order valence-electron chi connectivity index (χ2n) is 6.96. The van der Waals surface area contributed by atoms with E-state index >= 15 is 0 Å². The second-order valence-corrected chi connectivity index (χ2v) is 6.96. The highest BCUT2D eigenvalue weighted by Crippen LogP contribution is 2.28. The molecule has 2 N–H and O–H groups in total. The van der Waals surface area contributed by atoms with Crippen molar-refractivity contribution in [2.45, 2.75) is 19.4 Å². The van der Waals surface area contributed by atoms with Crippen molar-refractivity contribution >= 4 is 17.8 Å². The zero-order chi connectivity index (χ0) is 21.0. The highest BCUT2D eigenvalue weighted by atomic mass is 19.1. The van der Waals surface area contributed by atoms with Gasteiger partial charge in [-0.25, -0.2) is 9.18 Å². The third-order valence-corrected chi connectivity index (χ3v) is 4.71.